The number of urea groups is 1. The van der Waals surface area contributed by atoms with Gasteiger partial charge in [0.2, 0.25) is 0 Å². The predicted molar refractivity (Wildman–Crippen MR) is 82.2 cm³/mol. The van der Waals surface area contributed by atoms with Crippen molar-refractivity contribution in [2.24, 2.45) is 0 Å². The number of nitrogens with zero attached hydrogens (tertiary/aromatic N) is 1. The number of hydrogen-bond acceptors (Lipinski definition) is 2. The second-order valence-electron chi connectivity index (χ2n) is 6.16. The molecule has 1 aromatic rings. The van der Waals surface area contributed by atoms with Crippen LogP contribution in [0.15, 0.2) is 24.3 Å². The highest BCUT2D eigenvalue weighted by atomic mass is 16.5. The van der Waals surface area contributed by atoms with Gasteiger partial charge in [0.25, 0.3) is 0 Å². The third kappa shape index (κ3) is 4.76. The Hall–Kier alpha value is -1.71. The lowest BCUT2D eigenvalue weighted by Crippen LogP contribution is -2.50. The molecule has 1 atom stereocenters. The third-order valence-electron chi connectivity index (χ3n) is 3.17. The van der Waals surface area contributed by atoms with Gasteiger partial charge in [-0.15, -0.1) is 0 Å². The zero-order valence-electron chi connectivity index (χ0n) is 13.4. The number of amides is 2. The van der Waals surface area contributed by atoms with Crippen molar-refractivity contribution in [2.75, 3.05) is 14.2 Å². The molecule has 0 heterocycles. The minimum absolute atomic E-state index is 0.0557. The zero-order valence-corrected chi connectivity index (χ0v) is 13.4. The Morgan fingerprint density at radius 1 is 1.35 bits per heavy atom. The first-order valence-corrected chi connectivity index (χ1v) is 6.91. The standard InChI is InChI=1S/C16H26N2O2/c1-12(18(5)15(19)17-16(2,3)4)11-13-9-7-8-10-14(13)20-6/h7-10,12H,11H2,1-6H3,(H,17,19). The monoisotopic (exact) mass is 278 g/mol. The average molecular weight is 278 g/mol. The van der Waals surface area contributed by atoms with Crippen LogP contribution in [0.1, 0.15) is 33.3 Å². The summed E-state index contributed by atoms with van der Waals surface area (Å²) in [6, 6.07) is 7.94. The van der Waals surface area contributed by atoms with Gasteiger partial charge in [-0.05, 0) is 45.7 Å². The number of methoxy groups -OCH3 is 1. The largest absolute Gasteiger partial charge is 0.496 e. The summed E-state index contributed by atoms with van der Waals surface area (Å²) in [6.45, 7) is 7.96. The van der Waals surface area contributed by atoms with E-state index in [0.29, 0.717) is 0 Å². The van der Waals surface area contributed by atoms with Crippen LogP contribution in [0.3, 0.4) is 0 Å². The maximum atomic E-state index is 12.1. The Labute approximate surface area is 122 Å². The molecule has 1 aromatic carbocycles. The van der Waals surface area contributed by atoms with Crippen molar-refractivity contribution in [3.63, 3.8) is 0 Å². The normalized spacial score (nSPS) is 12.7. The molecule has 0 aliphatic rings. The topological polar surface area (TPSA) is 41.6 Å². The van der Waals surface area contributed by atoms with E-state index < -0.39 is 0 Å². The molecule has 1 N–H and O–H groups in total. The smallest absolute Gasteiger partial charge is 0.317 e. The molecule has 0 aliphatic heterocycles. The first-order chi connectivity index (χ1) is 9.24. The fraction of sp³-hybridized carbons (Fsp3) is 0.562. The first kappa shape index (κ1) is 16.3. The zero-order chi connectivity index (χ0) is 15.3. The Balaban J connectivity index is 2.70. The molecule has 0 fully saturated rings. The Bertz CT molecular complexity index is 452. The van der Waals surface area contributed by atoms with E-state index in [-0.39, 0.29) is 17.6 Å². The van der Waals surface area contributed by atoms with Gasteiger partial charge in [-0.2, -0.15) is 0 Å². The molecule has 0 aromatic heterocycles. The molecule has 0 radical (unpaired) electrons. The molecule has 2 amide bonds. The predicted octanol–water partition coefficient (Wildman–Crippen LogP) is 3.07. The maximum absolute atomic E-state index is 12.1. The molecule has 0 saturated carbocycles. The number of hydrogen-bond donors (Lipinski definition) is 1. The highest BCUT2D eigenvalue weighted by Crippen LogP contribution is 2.20. The van der Waals surface area contributed by atoms with E-state index in [4.69, 9.17) is 4.74 Å². The first-order valence-electron chi connectivity index (χ1n) is 6.91. The highest BCUT2D eigenvalue weighted by molar-refractivity contribution is 5.75. The maximum Gasteiger partial charge on any atom is 0.317 e. The Kier molecular flexibility index (Phi) is 5.43. The summed E-state index contributed by atoms with van der Waals surface area (Å²) in [7, 11) is 3.49. The molecule has 1 rings (SSSR count). The second kappa shape index (κ2) is 6.64. The van der Waals surface area contributed by atoms with E-state index in [2.05, 4.69) is 5.32 Å². The van der Waals surface area contributed by atoms with Crippen LogP contribution in [0, 0.1) is 0 Å². The van der Waals surface area contributed by atoms with Crippen molar-refractivity contribution >= 4 is 6.03 Å². The van der Waals surface area contributed by atoms with Crippen LogP contribution >= 0.6 is 0 Å². The number of benzene rings is 1. The van der Waals surface area contributed by atoms with Crippen molar-refractivity contribution < 1.29 is 9.53 Å². The van der Waals surface area contributed by atoms with Crippen LogP contribution < -0.4 is 10.1 Å². The molecule has 0 spiro atoms. The minimum Gasteiger partial charge on any atom is -0.496 e. The van der Waals surface area contributed by atoms with Gasteiger partial charge in [-0.3, -0.25) is 0 Å². The van der Waals surface area contributed by atoms with Gasteiger partial charge in [-0.25, -0.2) is 4.79 Å². The lowest BCUT2D eigenvalue weighted by molar-refractivity contribution is 0.184. The molecule has 4 nitrogen and oxygen atoms in total. The van der Waals surface area contributed by atoms with E-state index >= 15 is 0 Å². The van der Waals surface area contributed by atoms with Crippen LogP contribution in [0.5, 0.6) is 5.75 Å². The van der Waals surface area contributed by atoms with Crippen LogP contribution in [-0.2, 0) is 6.42 Å². The molecule has 0 aliphatic carbocycles. The average Bonchev–Trinajstić information content (AvgIpc) is 2.36. The van der Waals surface area contributed by atoms with E-state index in [1.165, 1.54) is 0 Å². The van der Waals surface area contributed by atoms with Gasteiger partial charge in [-0.1, -0.05) is 18.2 Å². The lowest BCUT2D eigenvalue weighted by Gasteiger charge is -2.30. The number of ether oxygens (including phenoxy) is 1. The van der Waals surface area contributed by atoms with E-state index in [1.807, 2.05) is 59.0 Å². The van der Waals surface area contributed by atoms with Gasteiger partial charge in [0.1, 0.15) is 5.75 Å². The lowest BCUT2D eigenvalue weighted by atomic mass is 10.1. The summed E-state index contributed by atoms with van der Waals surface area (Å²) >= 11 is 0. The number of rotatable bonds is 4. The molecule has 1 unspecified atom stereocenters. The van der Waals surface area contributed by atoms with Crippen molar-refractivity contribution in [3.05, 3.63) is 29.8 Å². The number of nitrogens with one attached hydrogen (secondary N) is 1. The summed E-state index contributed by atoms with van der Waals surface area (Å²) in [5.41, 5.74) is 0.882. The second-order valence-corrected chi connectivity index (χ2v) is 6.16. The summed E-state index contributed by atoms with van der Waals surface area (Å²) in [5, 5.41) is 2.97. The SMILES string of the molecule is COc1ccccc1CC(C)N(C)C(=O)NC(C)(C)C. The van der Waals surface area contributed by atoms with Crippen LogP contribution in [-0.4, -0.2) is 36.7 Å². The Morgan fingerprint density at radius 2 is 1.95 bits per heavy atom. The fourth-order valence-corrected chi connectivity index (χ4v) is 1.94. The molecule has 0 saturated heterocycles. The van der Waals surface area contributed by atoms with Gasteiger partial charge < -0.3 is 15.0 Å². The highest BCUT2D eigenvalue weighted by Gasteiger charge is 2.21. The molecule has 0 bridgehead atoms. The van der Waals surface area contributed by atoms with Gasteiger partial charge in [0.15, 0.2) is 0 Å². The van der Waals surface area contributed by atoms with Crippen molar-refractivity contribution in [2.45, 2.75) is 45.7 Å². The molecular weight excluding hydrogens is 252 g/mol. The number of carbonyl (C=O) groups is 1. The molecule has 20 heavy (non-hydrogen) atoms. The Morgan fingerprint density at radius 3 is 2.50 bits per heavy atom. The van der Waals surface area contributed by atoms with E-state index in [9.17, 15) is 4.79 Å². The van der Waals surface area contributed by atoms with Crippen LogP contribution in [0.4, 0.5) is 4.79 Å². The summed E-state index contributed by atoms with van der Waals surface area (Å²) < 4.78 is 5.35. The summed E-state index contributed by atoms with van der Waals surface area (Å²) in [6.07, 6.45) is 0.762. The summed E-state index contributed by atoms with van der Waals surface area (Å²) in [4.78, 5) is 13.9. The van der Waals surface area contributed by atoms with Crippen molar-refractivity contribution in [1.82, 2.24) is 10.2 Å². The number of para-hydroxylation sites is 1. The quantitative estimate of drug-likeness (QED) is 0.919. The van der Waals surface area contributed by atoms with E-state index in [0.717, 1.165) is 17.7 Å². The van der Waals surface area contributed by atoms with E-state index in [1.54, 1.807) is 12.0 Å². The van der Waals surface area contributed by atoms with Gasteiger partial charge in [0, 0.05) is 18.6 Å². The van der Waals surface area contributed by atoms with Gasteiger partial charge >= 0.3 is 6.03 Å². The number of carbonyl (C=O) groups excluding carboxylic acids is 1. The van der Waals surface area contributed by atoms with Crippen molar-refractivity contribution in [1.29, 1.82) is 0 Å². The van der Waals surface area contributed by atoms with Crippen molar-refractivity contribution in [3.8, 4) is 5.75 Å². The number of likely N-dealkylation sites (N-methyl/N-ethyl adjacent to an activating group) is 1. The van der Waals surface area contributed by atoms with Crippen LogP contribution in [0.2, 0.25) is 0 Å². The van der Waals surface area contributed by atoms with Gasteiger partial charge in [0.05, 0.1) is 7.11 Å². The summed E-state index contributed by atoms with van der Waals surface area (Å²) in [5.74, 6) is 0.865. The third-order valence-corrected chi connectivity index (χ3v) is 3.17. The minimum atomic E-state index is -0.227. The van der Waals surface area contributed by atoms with Crippen LogP contribution in [0.25, 0.3) is 0 Å². The fourth-order valence-electron chi connectivity index (χ4n) is 1.94. The molecule has 4 heteroatoms. The molecule has 112 valence electrons. The molecular formula is C16H26N2O2.